The predicted octanol–water partition coefficient (Wildman–Crippen LogP) is 3.84. The van der Waals surface area contributed by atoms with Gasteiger partial charge in [-0.05, 0) is 25.5 Å². The zero-order chi connectivity index (χ0) is 13.9. The van der Waals surface area contributed by atoms with Crippen LogP contribution < -0.4 is 5.32 Å². The van der Waals surface area contributed by atoms with Crippen LogP contribution in [0.15, 0.2) is 24.3 Å². The molecule has 18 heavy (non-hydrogen) atoms. The molecule has 1 atom stereocenters. The number of phenolic OH excluding ortho intramolecular Hbond substituents is 1. The molecule has 0 fully saturated rings. The number of hydrogen-bond donors (Lipinski definition) is 2. The number of aromatic hydroxyl groups is 1. The van der Waals surface area contributed by atoms with Crippen LogP contribution in [0.1, 0.15) is 31.9 Å². The molecule has 0 aliphatic heterocycles. The molecule has 5 heteroatoms. The summed E-state index contributed by atoms with van der Waals surface area (Å²) >= 11 is 11.8. The molecule has 1 rings (SSSR count). The van der Waals surface area contributed by atoms with Gasteiger partial charge in [0.05, 0.1) is 11.1 Å². The Bertz CT molecular complexity index is 470. The van der Waals surface area contributed by atoms with Crippen molar-refractivity contribution < 1.29 is 9.90 Å². The topological polar surface area (TPSA) is 49.3 Å². The van der Waals surface area contributed by atoms with E-state index in [1.807, 2.05) is 6.92 Å². The molecular formula is C13H15Cl2NO2. The van der Waals surface area contributed by atoms with E-state index in [9.17, 15) is 9.90 Å². The fourth-order valence-corrected chi connectivity index (χ4v) is 2.19. The molecule has 0 radical (unpaired) electrons. The van der Waals surface area contributed by atoms with Crippen LogP contribution in [0.3, 0.4) is 0 Å². The van der Waals surface area contributed by atoms with Crippen LogP contribution in [-0.4, -0.2) is 11.0 Å². The summed E-state index contributed by atoms with van der Waals surface area (Å²) < 4.78 is 0. The first-order valence-corrected chi connectivity index (χ1v) is 6.16. The number of carbonyl (C=O) groups is 1. The standard InChI is InChI=1S/C13H15Cl2NO2/c1-7(2)4-12(16-8(3)17)10-5-9(14)6-11(15)13(10)18/h5-6,12,18H,1,4H2,2-3H3,(H,16,17). The van der Waals surface area contributed by atoms with Gasteiger partial charge in [0.15, 0.2) is 0 Å². The maximum absolute atomic E-state index is 11.2. The van der Waals surface area contributed by atoms with E-state index in [2.05, 4.69) is 11.9 Å². The minimum absolute atomic E-state index is 0.0685. The van der Waals surface area contributed by atoms with Crippen LogP contribution in [0, 0.1) is 0 Å². The van der Waals surface area contributed by atoms with E-state index in [4.69, 9.17) is 23.2 Å². The summed E-state index contributed by atoms with van der Waals surface area (Å²) in [6, 6.07) is 2.65. The molecule has 0 aromatic heterocycles. The number of rotatable bonds is 4. The minimum atomic E-state index is -0.392. The lowest BCUT2D eigenvalue weighted by Gasteiger charge is -2.20. The molecule has 0 aliphatic carbocycles. The summed E-state index contributed by atoms with van der Waals surface area (Å²) in [7, 11) is 0. The van der Waals surface area contributed by atoms with Gasteiger partial charge < -0.3 is 10.4 Å². The number of amides is 1. The third kappa shape index (κ3) is 3.93. The van der Waals surface area contributed by atoms with Crippen LogP contribution in [0.4, 0.5) is 0 Å². The van der Waals surface area contributed by atoms with E-state index in [-0.39, 0.29) is 16.7 Å². The highest BCUT2D eigenvalue weighted by atomic mass is 35.5. The second-order valence-electron chi connectivity index (χ2n) is 4.24. The fourth-order valence-electron chi connectivity index (χ4n) is 1.68. The second-order valence-corrected chi connectivity index (χ2v) is 5.08. The van der Waals surface area contributed by atoms with Gasteiger partial charge in [0.1, 0.15) is 5.75 Å². The quantitative estimate of drug-likeness (QED) is 0.827. The van der Waals surface area contributed by atoms with Gasteiger partial charge in [0, 0.05) is 17.5 Å². The van der Waals surface area contributed by atoms with E-state index in [0.29, 0.717) is 17.0 Å². The van der Waals surface area contributed by atoms with Gasteiger partial charge in [0.25, 0.3) is 0 Å². The van der Waals surface area contributed by atoms with E-state index in [1.165, 1.54) is 13.0 Å². The molecule has 0 saturated carbocycles. The normalized spacial score (nSPS) is 12.0. The summed E-state index contributed by atoms with van der Waals surface area (Å²) in [5, 5.41) is 13.3. The maximum atomic E-state index is 11.2. The van der Waals surface area contributed by atoms with Crippen molar-refractivity contribution in [2.75, 3.05) is 0 Å². The van der Waals surface area contributed by atoms with Crippen LogP contribution in [0.2, 0.25) is 10.0 Å². The van der Waals surface area contributed by atoms with Gasteiger partial charge in [-0.25, -0.2) is 0 Å². The van der Waals surface area contributed by atoms with E-state index in [0.717, 1.165) is 5.57 Å². The van der Waals surface area contributed by atoms with Crippen LogP contribution in [-0.2, 0) is 4.79 Å². The predicted molar refractivity (Wildman–Crippen MR) is 74.1 cm³/mol. The van der Waals surface area contributed by atoms with Crippen LogP contribution >= 0.6 is 23.2 Å². The lowest BCUT2D eigenvalue weighted by molar-refractivity contribution is -0.119. The Balaban J connectivity index is 3.19. The molecule has 0 heterocycles. The number of nitrogens with one attached hydrogen (secondary N) is 1. The molecule has 2 N–H and O–H groups in total. The monoisotopic (exact) mass is 287 g/mol. The Labute approximate surface area is 116 Å². The molecule has 1 aromatic carbocycles. The van der Waals surface area contributed by atoms with Crippen molar-refractivity contribution >= 4 is 29.1 Å². The van der Waals surface area contributed by atoms with E-state index < -0.39 is 6.04 Å². The molecule has 1 amide bonds. The highest BCUT2D eigenvalue weighted by Crippen LogP contribution is 2.36. The summed E-state index contributed by atoms with van der Waals surface area (Å²) in [6.07, 6.45) is 0.504. The zero-order valence-corrected chi connectivity index (χ0v) is 11.8. The Morgan fingerprint density at radius 1 is 1.44 bits per heavy atom. The molecule has 1 unspecified atom stereocenters. The second kappa shape index (κ2) is 6.12. The number of benzene rings is 1. The Kier molecular flexibility index (Phi) is 5.05. The largest absolute Gasteiger partial charge is 0.506 e. The lowest BCUT2D eigenvalue weighted by Crippen LogP contribution is -2.26. The molecule has 0 bridgehead atoms. The van der Waals surface area contributed by atoms with Crippen molar-refractivity contribution in [2.24, 2.45) is 0 Å². The first-order valence-electron chi connectivity index (χ1n) is 5.40. The van der Waals surface area contributed by atoms with Gasteiger partial charge in [-0.3, -0.25) is 4.79 Å². The zero-order valence-electron chi connectivity index (χ0n) is 10.3. The first-order chi connectivity index (χ1) is 8.31. The van der Waals surface area contributed by atoms with Crippen molar-refractivity contribution in [3.8, 4) is 5.75 Å². The number of phenols is 1. The maximum Gasteiger partial charge on any atom is 0.217 e. The van der Waals surface area contributed by atoms with Crippen molar-refractivity contribution in [3.05, 3.63) is 39.9 Å². The van der Waals surface area contributed by atoms with Gasteiger partial charge in [-0.1, -0.05) is 28.8 Å². The third-order valence-electron chi connectivity index (χ3n) is 2.36. The van der Waals surface area contributed by atoms with E-state index in [1.54, 1.807) is 6.07 Å². The molecule has 3 nitrogen and oxygen atoms in total. The number of carbonyl (C=O) groups excluding carboxylic acids is 1. The van der Waals surface area contributed by atoms with Crippen LogP contribution in [0.5, 0.6) is 5.75 Å². The van der Waals surface area contributed by atoms with Crippen molar-refractivity contribution in [2.45, 2.75) is 26.3 Å². The summed E-state index contributed by atoms with van der Waals surface area (Å²) in [5.74, 6) is -0.266. The Hall–Kier alpha value is -1.19. The van der Waals surface area contributed by atoms with E-state index >= 15 is 0 Å². The molecule has 1 aromatic rings. The Morgan fingerprint density at radius 2 is 2.06 bits per heavy atom. The molecule has 0 spiro atoms. The minimum Gasteiger partial charge on any atom is -0.506 e. The highest BCUT2D eigenvalue weighted by Gasteiger charge is 2.19. The highest BCUT2D eigenvalue weighted by molar-refractivity contribution is 6.35. The SMILES string of the molecule is C=C(C)CC(NC(C)=O)c1cc(Cl)cc(Cl)c1O. The Morgan fingerprint density at radius 3 is 2.56 bits per heavy atom. The summed E-state index contributed by atoms with van der Waals surface area (Å²) in [4.78, 5) is 11.2. The molecule has 0 aliphatic rings. The number of halogens is 2. The molecular weight excluding hydrogens is 273 g/mol. The molecule has 0 saturated heterocycles. The van der Waals surface area contributed by atoms with Crippen molar-refractivity contribution in [1.82, 2.24) is 5.32 Å². The first kappa shape index (κ1) is 14.9. The summed E-state index contributed by atoms with van der Waals surface area (Å²) in [5.41, 5.74) is 1.37. The van der Waals surface area contributed by atoms with Crippen molar-refractivity contribution in [1.29, 1.82) is 0 Å². The van der Waals surface area contributed by atoms with Crippen molar-refractivity contribution in [3.63, 3.8) is 0 Å². The number of hydrogen-bond acceptors (Lipinski definition) is 2. The van der Waals surface area contributed by atoms with Gasteiger partial charge in [-0.15, -0.1) is 6.58 Å². The van der Waals surface area contributed by atoms with Gasteiger partial charge in [-0.2, -0.15) is 0 Å². The van der Waals surface area contributed by atoms with Gasteiger partial charge >= 0.3 is 0 Å². The summed E-state index contributed by atoms with van der Waals surface area (Å²) in [6.45, 7) is 7.06. The smallest absolute Gasteiger partial charge is 0.217 e. The lowest BCUT2D eigenvalue weighted by atomic mass is 9.99. The third-order valence-corrected chi connectivity index (χ3v) is 2.87. The fraction of sp³-hybridized carbons (Fsp3) is 0.308. The average Bonchev–Trinajstić information content (AvgIpc) is 2.21. The average molecular weight is 288 g/mol. The molecule has 98 valence electrons. The van der Waals surface area contributed by atoms with Crippen LogP contribution in [0.25, 0.3) is 0 Å². The van der Waals surface area contributed by atoms with Gasteiger partial charge in [0.2, 0.25) is 5.91 Å².